The van der Waals surface area contributed by atoms with Crippen molar-refractivity contribution in [2.75, 3.05) is 16.5 Å². The number of benzene rings is 9. The topological polar surface area (TPSA) is 42.8 Å². The second kappa shape index (κ2) is 17.4. The van der Waals surface area contributed by atoms with Gasteiger partial charge in [0, 0.05) is 51.5 Å². The largest absolute Gasteiger partial charge is 0.457 e. The van der Waals surface area contributed by atoms with Crippen LogP contribution in [-0.4, -0.2) is 16.2 Å². The lowest BCUT2D eigenvalue weighted by atomic mass is 9.82. The minimum atomic E-state index is -0.601. The van der Waals surface area contributed by atoms with Crippen LogP contribution in [0.3, 0.4) is 0 Å². The van der Waals surface area contributed by atoms with Crippen molar-refractivity contribution in [2.45, 2.75) is 52.4 Å². The summed E-state index contributed by atoms with van der Waals surface area (Å²) < 4.78 is 87.8. The van der Waals surface area contributed by atoms with Crippen LogP contribution in [0.15, 0.2) is 218 Å². The monoisotopic (exact) mass is 968 g/mol. The summed E-state index contributed by atoms with van der Waals surface area (Å²) in [7, 11) is 0. The molecule has 6 heterocycles. The molecule has 2 aromatic heterocycles. The molecule has 6 heteroatoms. The maximum Gasteiger partial charge on any atom is 0.137 e. The van der Waals surface area contributed by atoms with Crippen LogP contribution in [-0.2, 0) is 10.8 Å². The van der Waals surface area contributed by atoms with Gasteiger partial charge in [0.25, 0.3) is 0 Å². The fourth-order valence-electron chi connectivity index (χ4n) is 10.5. The standard InChI is InChI=1S/C68H56N4O2/c1-67(2,3)49-37-57(45-19-11-8-12-20-45)66-58(38-49)48-21-15-23-52(35-48)73-51-30-27-46(28-31-51)59-42-69-65(41-60(59)68(4,5)6)72-63-36-47(44-17-9-7-10-18-44)29-33-55(63)56-34-32-54(40-64(56)72)74-53-24-16-22-50(39-53)70-43-71(66)62-26-14-13-25-61(62)70/h7-42H,43H2,1-6H3/i7D,9D,10D,17D,18D,29D,33D,36D. The molecule has 74 heavy (non-hydrogen) atoms. The Kier molecular flexibility index (Phi) is 8.70. The van der Waals surface area contributed by atoms with Gasteiger partial charge < -0.3 is 19.3 Å². The van der Waals surface area contributed by atoms with Gasteiger partial charge in [-0.3, -0.25) is 4.57 Å². The third-order valence-corrected chi connectivity index (χ3v) is 14.2. The Hall–Kier alpha value is -8.87. The van der Waals surface area contributed by atoms with Crippen LogP contribution in [0.5, 0.6) is 23.0 Å². The maximum absolute atomic E-state index is 9.99. The summed E-state index contributed by atoms with van der Waals surface area (Å²) in [5, 5.41) is 0.812. The third-order valence-electron chi connectivity index (χ3n) is 14.2. The summed E-state index contributed by atoms with van der Waals surface area (Å²) in [6.07, 6.45) is 1.81. The minimum absolute atomic E-state index is 0.184. The normalized spacial score (nSPS) is 14.6. The molecule has 0 amide bonds. The van der Waals surface area contributed by atoms with E-state index in [1.165, 1.54) is 5.56 Å². The van der Waals surface area contributed by atoms with Gasteiger partial charge >= 0.3 is 0 Å². The van der Waals surface area contributed by atoms with Crippen molar-refractivity contribution in [3.05, 3.63) is 229 Å². The van der Waals surface area contributed by atoms with Crippen LogP contribution < -0.4 is 19.3 Å². The van der Waals surface area contributed by atoms with Crippen LogP contribution in [0.1, 0.15) is 63.6 Å². The van der Waals surface area contributed by atoms with Crippen LogP contribution >= 0.6 is 0 Å². The number of aromatic nitrogens is 2. The zero-order valence-electron chi connectivity index (χ0n) is 50.0. The quantitative estimate of drug-likeness (QED) is 0.173. The first-order chi connectivity index (χ1) is 39.2. The summed E-state index contributed by atoms with van der Waals surface area (Å²) in [5.74, 6) is 2.73. The highest BCUT2D eigenvalue weighted by atomic mass is 16.5. The van der Waals surface area contributed by atoms with Crippen molar-refractivity contribution >= 4 is 44.6 Å². The summed E-state index contributed by atoms with van der Waals surface area (Å²) in [4.78, 5) is 9.84. The third kappa shape index (κ3) is 7.95. The maximum atomic E-state index is 9.99. The van der Waals surface area contributed by atoms with Gasteiger partial charge in [0.2, 0.25) is 0 Å². The Morgan fingerprint density at radius 1 is 0.473 bits per heavy atom. The Labute approximate surface area is 444 Å². The molecular formula is C68H56N4O2. The van der Waals surface area contributed by atoms with Crippen LogP contribution in [0.2, 0.25) is 0 Å². The van der Waals surface area contributed by atoms with Gasteiger partial charge in [-0.2, -0.15) is 0 Å². The molecule has 0 N–H and O–H groups in total. The SMILES string of the molecule is [2H]c1c([2H])c([2H])c(-c2c([2H])c([2H])c3c4ccc5cc4n(c3c2[2H])-c2cc(C(C)(C)C)c(cn2)-c2ccc(cc2)Oc2cccc(c2)-c2cc(C(C)(C)C)cc(-c3ccccc3)c2N2CN(c3cccc(c3)O5)c3ccccc32)c([2H])c1[2H]. The summed E-state index contributed by atoms with van der Waals surface area (Å²) >= 11 is 0. The molecule has 0 saturated carbocycles. The molecule has 4 aliphatic heterocycles. The zero-order valence-corrected chi connectivity index (χ0v) is 42.0. The van der Waals surface area contributed by atoms with E-state index in [0.717, 1.165) is 61.7 Å². The lowest BCUT2D eigenvalue weighted by Crippen LogP contribution is -2.25. The number of rotatable bonds is 2. The summed E-state index contributed by atoms with van der Waals surface area (Å²) in [5.41, 5.74) is 11.6. The molecule has 4 aliphatic rings. The average Bonchev–Trinajstić information content (AvgIpc) is 3.82. The first-order valence-electron chi connectivity index (χ1n) is 29.0. The van der Waals surface area contributed by atoms with Crippen LogP contribution in [0.4, 0.5) is 22.7 Å². The highest BCUT2D eigenvalue weighted by molar-refractivity contribution is 6.10. The van der Waals surface area contributed by atoms with Crippen LogP contribution in [0, 0.1) is 0 Å². The smallest absolute Gasteiger partial charge is 0.137 e. The number of nitrogens with zero attached hydrogens (tertiary/aromatic N) is 4. The molecular weight excluding hydrogens is 905 g/mol. The Morgan fingerprint density at radius 2 is 1.12 bits per heavy atom. The number of hydrogen-bond donors (Lipinski definition) is 0. The lowest BCUT2D eigenvalue weighted by molar-refractivity contribution is 0.483. The number of hydrogen-bond acceptors (Lipinski definition) is 5. The molecule has 0 atom stereocenters. The van der Waals surface area contributed by atoms with E-state index in [0.29, 0.717) is 46.4 Å². The number of fused-ring (bicyclic) bond motifs is 5. The molecule has 6 nitrogen and oxygen atoms in total. The Morgan fingerprint density at radius 3 is 1.88 bits per heavy atom. The van der Waals surface area contributed by atoms with E-state index in [2.05, 4.69) is 136 Å². The van der Waals surface area contributed by atoms with Gasteiger partial charge in [-0.05, 0) is 135 Å². The van der Waals surface area contributed by atoms with Crippen LogP contribution in [0.25, 0.3) is 72.1 Å². The molecule has 0 saturated heterocycles. The van der Waals surface area contributed by atoms with Gasteiger partial charge in [-0.15, -0.1) is 0 Å². The van der Waals surface area contributed by atoms with E-state index in [-0.39, 0.29) is 39.5 Å². The Balaban J connectivity index is 1.06. The summed E-state index contributed by atoms with van der Waals surface area (Å²) in [6, 6.07) is 51.5. The van der Waals surface area contributed by atoms with Crippen molar-refractivity contribution in [1.29, 1.82) is 0 Å². The van der Waals surface area contributed by atoms with Gasteiger partial charge in [-0.1, -0.05) is 157 Å². The number of ether oxygens (including phenoxy) is 2. The van der Waals surface area contributed by atoms with Gasteiger partial charge in [0.1, 0.15) is 35.5 Å². The lowest BCUT2D eigenvalue weighted by Gasteiger charge is -2.30. The fourth-order valence-corrected chi connectivity index (χ4v) is 10.5. The number of para-hydroxylation sites is 2. The van der Waals surface area contributed by atoms with Crippen molar-refractivity contribution < 1.29 is 20.4 Å². The highest BCUT2D eigenvalue weighted by Gasteiger charge is 2.33. The Bertz CT molecular complexity index is 4420. The molecule has 12 bridgehead atoms. The molecule has 360 valence electrons. The molecule has 0 fully saturated rings. The zero-order chi connectivity index (χ0) is 57.3. The average molecular weight is 969 g/mol. The second-order valence-electron chi connectivity index (χ2n) is 21.1. The molecule has 9 aromatic carbocycles. The first kappa shape index (κ1) is 37.0. The summed E-state index contributed by atoms with van der Waals surface area (Å²) in [6.45, 7) is 13.6. The molecule has 0 unspecified atom stereocenters. The molecule has 0 spiro atoms. The molecule has 0 aliphatic carbocycles. The number of anilines is 4. The van der Waals surface area contributed by atoms with E-state index >= 15 is 0 Å². The van der Waals surface area contributed by atoms with Gasteiger partial charge in [0.05, 0.1) is 39.1 Å². The van der Waals surface area contributed by atoms with E-state index in [1.54, 1.807) is 4.57 Å². The number of pyridine rings is 1. The highest BCUT2D eigenvalue weighted by Crippen LogP contribution is 2.52. The fraction of sp³-hybridized carbons (Fsp3) is 0.132. The molecule has 11 aromatic rings. The van der Waals surface area contributed by atoms with Gasteiger partial charge in [0.15, 0.2) is 0 Å². The van der Waals surface area contributed by atoms with E-state index in [4.69, 9.17) is 21.3 Å². The first-order valence-corrected chi connectivity index (χ1v) is 25.0. The van der Waals surface area contributed by atoms with Crippen molar-refractivity contribution in [3.63, 3.8) is 0 Å². The molecule has 0 radical (unpaired) electrons. The second-order valence-corrected chi connectivity index (χ2v) is 21.1. The van der Waals surface area contributed by atoms with E-state index in [9.17, 15) is 4.11 Å². The van der Waals surface area contributed by atoms with E-state index < -0.39 is 41.7 Å². The predicted molar refractivity (Wildman–Crippen MR) is 306 cm³/mol. The van der Waals surface area contributed by atoms with Crippen molar-refractivity contribution in [1.82, 2.24) is 9.55 Å². The van der Waals surface area contributed by atoms with E-state index in [1.807, 2.05) is 85.1 Å². The van der Waals surface area contributed by atoms with Crippen molar-refractivity contribution in [2.24, 2.45) is 0 Å². The van der Waals surface area contributed by atoms with Gasteiger partial charge in [-0.25, -0.2) is 4.98 Å². The van der Waals surface area contributed by atoms with Crippen molar-refractivity contribution in [3.8, 4) is 73.3 Å². The minimum Gasteiger partial charge on any atom is -0.457 e. The molecule has 15 rings (SSSR count). The predicted octanol–water partition coefficient (Wildman–Crippen LogP) is 18.6.